The van der Waals surface area contributed by atoms with E-state index in [1.165, 1.54) is 0 Å². The molecule has 0 aliphatic rings. The molecule has 0 saturated carbocycles. The van der Waals surface area contributed by atoms with E-state index < -0.39 is 18.9 Å². The second kappa shape index (κ2) is 11.0. The van der Waals surface area contributed by atoms with Crippen LogP contribution in [0.1, 0.15) is 32.8 Å². The molecule has 0 atom stereocenters. The fourth-order valence-electron chi connectivity index (χ4n) is 2.30. The molecule has 0 aliphatic carbocycles. The maximum absolute atomic E-state index is 12.0. The van der Waals surface area contributed by atoms with Crippen LogP contribution in [0.5, 0.6) is 0 Å². The average Bonchev–Trinajstić information content (AvgIpc) is 2.53. The van der Waals surface area contributed by atoms with E-state index in [2.05, 4.69) is 0 Å². The van der Waals surface area contributed by atoms with Gasteiger partial charge in [-0.15, -0.1) is 0 Å². The zero-order valence-electron chi connectivity index (χ0n) is 14.7. The number of rotatable bonds is 13. The third kappa shape index (κ3) is 7.87. The summed E-state index contributed by atoms with van der Waals surface area (Å²) < 4.78 is 46.3. The van der Waals surface area contributed by atoms with Gasteiger partial charge in [0.2, 0.25) is 0 Å². The molecule has 1 aromatic carbocycles. The molecule has 0 spiro atoms. The van der Waals surface area contributed by atoms with Crippen LogP contribution in [0.3, 0.4) is 0 Å². The Morgan fingerprint density at radius 1 is 0.917 bits per heavy atom. The van der Waals surface area contributed by atoms with Gasteiger partial charge in [0.15, 0.2) is 0 Å². The molecule has 8 heteroatoms. The smallest absolute Gasteiger partial charge is 0.374 e. The van der Waals surface area contributed by atoms with Crippen molar-refractivity contribution in [1.29, 1.82) is 0 Å². The zero-order valence-corrected chi connectivity index (χ0v) is 16.5. The minimum atomic E-state index is -3.60. The second-order valence-corrected chi connectivity index (χ2v) is 9.47. The Hall–Kier alpha value is -0.773. The average molecular weight is 377 g/mol. The van der Waals surface area contributed by atoms with Crippen LogP contribution >= 0.6 is 0 Å². The Morgan fingerprint density at radius 2 is 1.46 bits per heavy atom. The van der Waals surface area contributed by atoms with Crippen molar-refractivity contribution in [3.63, 3.8) is 0 Å². The number of benzene rings is 1. The zero-order chi connectivity index (χ0) is 17.9. The maximum atomic E-state index is 12.0. The Kier molecular flexibility index (Phi) is 9.71. The Morgan fingerprint density at radius 3 is 1.96 bits per heavy atom. The van der Waals surface area contributed by atoms with Crippen molar-refractivity contribution in [3.8, 4) is 0 Å². The summed E-state index contributed by atoms with van der Waals surface area (Å²) in [6, 6.07) is 9.50. The van der Waals surface area contributed by atoms with Gasteiger partial charge in [-0.2, -0.15) is 8.42 Å². The monoisotopic (exact) mass is 376 g/mol. The summed E-state index contributed by atoms with van der Waals surface area (Å²) in [5.41, 5.74) is 0.708. The molecular weight excluding hydrogens is 348 g/mol. The van der Waals surface area contributed by atoms with Crippen molar-refractivity contribution < 1.29 is 25.9 Å². The van der Waals surface area contributed by atoms with Crippen molar-refractivity contribution in [2.24, 2.45) is 0 Å². The van der Waals surface area contributed by atoms with Gasteiger partial charge in [0.25, 0.3) is 10.1 Å². The highest BCUT2D eigenvalue weighted by molar-refractivity contribution is 7.85. The molecule has 0 amide bonds. The molecule has 0 aliphatic heterocycles. The summed E-state index contributed by atoms with van der Waals surface area (Å²) >= 11 is 0. The van der Waals surface area contributed by atoms with Gasteiger partial charge in [0.1, 0.15) is 5.75 Å². The molecule has 0 aromatic heterocycles. The highest BCUT2D eigenvalue weighted by Crippen LogP contribution is 2.19. The van der Waals surface area contributed by atoms with Crippen LogP contribution in [0.15, 0.2) is 30.3 Å². The molecule has 0 N–H and O–H groups in total. The van der Waals surface area contributed by atoms with E-state index in [0.717, 1.165) is 0 Å². The lowest BCUT2D eigenvalue weighted by Gasteiger charge is -2.28. The summed E-state index contributed by atoms with van der Waals surface area (Å²) in [6.45, 7) is 7.26. The van der Waals surface area contributed by atoms with Crippen LogP contribution in [0, 0.1) is 0 Å². The largest absolute Gasteiger partial charge is 0.501 e. The quantitative estimate of drug-likeness (QED) is 0.299. The predicted octanol–water partition coefficient (Wildman–Crippen LogP) is 2.97. The van der Waals surface area contributed by atoms with Crippen LogP contribution in [0.25, 0.3) is 0 Å². The summed E-state index contributed by atoms with van der Waals surface area (Å²) in [4.78, 5) is 0. The summed E-state index contributed by atoms with van der Waals surface area (Å²) in [6.07, 6.45) is 0.500. The van der Waals surface area contributed by atoms with E-state index in [1.54, 1.807) is 24.3 Å². The van der Waals surface area contributed by atoms with Crippen molar-refractivity contribution in [1.82, 2.24) is 0 Å². The van der Waals surface area contributed by atoms with Crippen LogP contribution in [-0.2, 0) is 33.3 Å². The Balaban J connectivity index is 2.49. The molecule has 138 valence electrons. The molecule has 0 radical (unpaired) electrons. The molecule has 24 heavy (non-hydrogen) atoms. The van der Waals surface area contributed by atoms with Gasteiger partial charge < -0.3 is 13.3 Å². The van der Waals surface area contributed by atoms with E-state index >= 15 is 0 Å². The van der Waals surface area contributed by atoms with Gasteiger partial charge in [-0.3, -0.25) is 4.18 Å². The van der Waals surface area contributed by atoms with E-state index in [1.807, 2.05) is 26.8 Å². The third-order valence-electron chi connectivity index (χ3n) is 3.17. The molecule has 0 fully saturated rings. The Labute approximate surface area is 146 Å². The molecule has 1 rings (SSSR count). The van der Waals surface area contributed by atoms with Crippen LogP contribution in [0.4, 0.5) is 0 Å². The van der Waals surface area contributed by atoms with Gasteiger partial charge in [-0.25, -0.2) is 0 Å². The predicted molar refractivity (Wildman–Crippen MR) is 95.1 cm³/mol. The molecule has 6 nitrogen and oxygen atoms in total. The van der Waals surface area contributed by atoms with E-state index in [4.69, 9.17) is 17.5 Å². The molecule has 0 saturated heterocycles. The first-order valence-corrected chi connectivity index (χ1v) is 11.8. The minimum Gasteiger partial charge on any atom is -0.374 e. The maximum Gasteiger partial charge on any atom is 0.501 e. The third-order valence-corrected chi connectivity index (χ3v) is 7.53. The van der Waals surface area contributed by atoms with Gasteiger partial charge >= 0.3 is 8.80 Å². The van der Waals surface area contributed by atoms with Crippen LogP contribution in [0.2, 0.25) is 6.04 Å². The van der Waals surface area contributed by atoms with Crippen molar-refractivity contribution >= 4 is 18.9 Å². The lowest BCUT2D eigenvalue weighted by atomic mass is 10.2. The second-order valence-electron chi connectivity index (χ2n) is 5.10. The van der Waals surface area contributed by atoms with Crippen LogP contribution in [-0.4, -0.2) is 43.6 Å². The topological polar surface area (TPSA) is 71.1 Å². The first-order chi connectivity index (χ1) is 11.5. The van der Waals surface area contributed by atoms with Gasteiger partial charge in [-0.1, -0.05) is 30.3 Å². The first-order valence-electron chi connectivity index (χ1n) is 8.29. The van der Waals surface area contributed by atoms with Crippen molar-refractivity contribution in [2.45, 2.75) is 39.0 Å². The molecular formula is C16H28O6SSi. The highest BCUT2D eigenvalue weighted by atomic mass is 32.2. The lowest BCUT2D eigenvalue weighted by molar-refractivity contribution is 0.0697. The first kappa shape index (κ1) is 21.3. The summed E-state index contributed by atoms with van der Waals surface area (Å²) in [7, 11) is -6.34. The fourth-order valence-corrected chi connectivity index (χ4v) is 5.93. The normalized spacial score (nSPS) is 12.5. The van der Waals surface area contributed by atoms with Gasteiger partial charge in [-0.05, 0) is 32.8 Å². The lowest BCUT2D eigenvalue weighted by Crippen LogP contribution is -2.46. The minimum absolute atomic E-state index is 0.0944. The summed E-state index contributed by atoms with van der Waals surface area (Å²) in [5.74, 6) is -0.126. The Bertz CT molecular complexity index is 532. The van der Waals surface area contributed by atoms with Crippen molar-refractivity contribution in [3.05, 3.63) is 35.9 Å². The molecule has 1 aromatic rings. The highest BCUT2D eigenvalue weighted by Gasteiger charge is 2.39. The SMILES string of the molecule is CCO[Si](CCCOS(=O)(=O)Cc1ccccc1)(OCC)OCC. The van der Waals surface area contributed by atoms with Crippen LogP contribution < -0.4 is 0 Å². The van der Waals surface area contributed by atoms with E-state index in [-0.39, 0.29) is 12.4 Å². The number of hydrogen-bond donors (Lipinski definition) is 0. The molecule has 0 bridgehead atoms. The summed E-state index contributed by atoms with van der Waals surface area (Å²) in [5, 5.41) is 0. The molecule has 0 heterocycles. The van der Waals surface area contributed by atoms with E-state index in [0.29, 0.717) is 37.8 Å². The van der Waals surface area contributed by atoms with Crippen molar-refractivity contribution in [2.75, 3.05) is 26.4 Å². The fraction of sp³-hybridized carbons (Fsp3) is 0.625. The molecule has 0 unspecified atom stereocenters. The van der Waals surface area contributed by atoms with Gasteiger partial charge in [0.05, 0.1) is 6.61 Å². The standard InChI is InChI=1S/C16H28O6SSi/c1-4-20-24(21-5-2,22-6-3)14-10-13-19-23(17,18)15-16-11-8-7-9-12-16/h7-9,11-12H,4-6,10,13-15H2,1-3H3. The van der Waals surface area contributed by atoms with Gasteiger partial charge in [0, 0.05) is 25.9 Å². The van der Waals surface area contributed by atoms with E-state index in [9.17, 15) is 8.42 Å². The number of hydrogen-bond acceptors (Lipinski definition) is 6.